The first kappa shape index (κ1) is 13.3. The van der Waals surface area contributed by atoms with Crippen molar-refractivity contribution in [3.05, 3.63) is 29.3 Å². The van der Waals surface area contributed by atoms with Crippen LogP contribution in [-0.4, -0.2) is 21.2 Å². The number of aryl methyl sites for hydroxylation is 2. The van der Waals surface area contributed by atoms with E-state index in [2.05, 4.69) is 17.2 Å². The average molecular weight is 263 g/mol. The minimum absolute atomic E-state index is 0.238. The topological polar surface area (TPSA) is 70.2 Å². The number of carbonyl (C=O) groups excluding carboxylic acids is 1. The molecule has 0 bridgehead atoms. The standard InChI is InChI=1S/C13H17N3O3/c1-3-4-5-11-10(12(8-17)19-15-11)9-18-13-6-7-16(2)14-13/h6-8H,3-5,9H2,1-2H3. The average Bonchev–Trinajstić information content (AvgIpc) is 2.99. The molecule has 2 heterocycles. The van der Waals surface area contributed by atoms with Crippen molar-refractivity contribution < 1.29 is 14.1 Å². The van der Waals surface area contributed by atoms with Crippen LogP contribution in [0.2, 0.25) is 0 Å². The fourth-order valence-corrected chi connectivity index (χ4v) is 1.76. The van der Waals surface area contributed by atoms with Gasteiger partial charge in [-0.15, -0.1) is 5.10 Å². The molecule has 0 N–H and O–H groups in total. The Morgan fingerprint density at radius 2 is 2.37 bits per heavy atom. The van der Waals surface area contributed by atoms with Gasteiger partial charge in [-0.25, -0.2) is 0 Å². The maximum Gasteiger partial charge on any atom is 0.233 e. The number of hydrogen-bond donors (Lipinski definition) is 0. The highest BCUT2D eigenvalue weighted by Gasteiger charge is 2.16. The van der Waals surface area contributed by atoms with E-state index in [1.165, 1.54) is 0 Å². The lowest BCUT2D eigenvalue weighted by Crippen LogP contribution is -2.02. The minimum atomic E-state index is 0.238. The summed E-state index contributed by atoms with van der Waals surface area (Å²) >= 11 is 0. The number of aromatic nitrogens is 3. The summed E-state index contributed by atoms with van der Waals surface area (Å²) in [5, 5.41) is 8.04. The van der Waals surface area contributed by atoms with E-state index in [4.69, 9.17) is 9.26 Å². The molecule has 0 radical (unpaired) electrons. The van der Waals surface area contributed by atoms with Crippen LogP contribution in [0.3, 0.4) is 0 Å². The molecular weight excluding hydrogens is 246 g/mol. The molecule has 6 nitrogen and oxygen atoms in total. The van der Waals surface area contributed by atoms with Crippen molar-refractivity contribution in [1.82, 2.24) is 14.9 Å². The quantitative estimate of drug-likeness (QED) is 0.716. The van der Waals surface area contributed by atoms with Gasteiger partial charge >= 0.3 is 0 Å². The SMILES string of the molecule is CCCCc1noc(C=O)c1COc1ccn(C)n1. The third-order valence-corrected chi connectivity index (χ3v) is 2.83. The van der Waals surface area contributed by atoms with Crippen LogP contribution in [-0.2, 0) is 20.1 Å². The molecule has 2 aromatic heterocycles. The van der Waals surface area contributed by atoms with Crippen molar-refractivity contribution in [2.75, 3.05) is 0 Å². The summed E-state index contributed by atoms with van der Waals surface area (Å²) in [6, 6.07) is 1.76. The van der Waals surface area contributed by atoms with E-state index in [-0.39, 0.29) is 12.4 Å². The van der Waals surface area contributed by atoms with E-state index in [0.29, 0.717) is 17.7 Å². The second-order valence-corrected chi connectivity index (χ2v) is 4.31. The van der Waals surface area contributed by atoms with E-state index in [1.807, 2.05) is 7.05 Å². The molecule has 0 unspecified atom stereocenters. The van der Waals surface area contributed by atoms with Gasteiger partial charge in [0.05, 0.1) is 11.3 Å². The summed E-state index contributed by atoms with van der Waals surface area (Å²) in [5.74, 6) is 0.754. The summed E-state index contributed by atoms with van der Waals surface area (Å²) in [6.45, 7) is 2.35. The maximum absolute atomic E-state index is 10.9. The maximum atomic E-state index is 10.9. The third-order valence-electron chi connectivity index (χ3n) is 2.83. The highest BCUT2D eigenvalue weighted by Crippen LogP contribution is 2.17. The Balaban J connectivity index is 2.08. The first-order chi connectivity index (χ1) is 9.24. The smallest absolute Gasteiger partial charge is 0.233 e. The molecule has 0 fully saturated rings. The highest BCUT2D eigenvalue weighted by atomic mass is 16.5. The molecule has 2 rings (SSSR count). The number of aldehydes is 1. The molecule has 19 heavy (non-hydrogen) atoms. The lowest BCUT2D eigenvalue weighted by Gasteiger charge is -2.03. The fraction of sp³-hybridized carbons (Fsp3) is 0.462. The molecule has 102 valence electrons. The molecule has 2 aromatic rings. The number of hydrogen-bond acceptors (Lipinski definition) is 5. The van der Waals surface area contributed by atoms with E-state index in [0.717, 1.165) is 25.0 Å². The van der Waals surface area contributed by atoms with Crippen molar-refractivity contribution >= 4 is 6.29 Å². The minimum Gasteiger partial charge on any atom is -0.472 e. The zero-order chi connectivity index (χ0) is 13.7. The summed E-state index contributed by atoms with van der Waals surface area (Å²) < 4.78 is 12.2. The Morgan fingerprint density at radius 3 is 3.00 bits per heavy atom. The summed E-state index contributed by atoms with van der Waals surface area (Å²) in [5.41, 5.74) is 1.51. The summed E-state index contributed by atoms with van der Waals surface area (Å²) in [7, 11) is 1.82. The van der Waals surface area contributed by atoms with Gasteiger partial charge in [0.2, 0.25) is 11.6 Å². The van der Waals surface area contributed by atoms with Gasteiger partial charge in [-0.05, 0) is 12.8 Å². The Morgan fingerprint density at radius 1 is 1.53 bits per heavy atom. The summed E-state index contributed by atoms with van der Waals surface area (Å²) in [6.07, 6.45) is 5.31. The molecule has 0 aliphatic carbocycles. The fourth-order valence-electron chi connectivity index (χ4n) is 1.76. The third kappa shape index (κ3) is 3.21. The van der Waals surface area contributed by atoms with Gasteiger partial charge in [0.25, 0.3) is 0 Å². The zero-order valence-corrected chi connectivity index (χ0v) is 11.1. The molecule has 0 aliphatic heterocycles. The van der Waals surface area contributed by atoms with Gasteiger partial charge in [-0.2, -0.15) is 0 Å². The van der Waals surface area contributed by atoms with Gasteiger partial charge in [0.15, 0.2) is 6.29 Å². The number of carbonyl (C=O) groups is 1. The molecule has 0 spiro atoms. The molecular formula is C13H17N3O3. The number of nitrogens with zero attached hydrogens (tertiary/aromatic N) is 3. The second-order valence-electron chi connectivity index (χ2n) is 4.31. The molecule has 0 aliphatic rings. The number of ether oxygens (including phenoxy) is 1. The predicted octanol–water partition coefficient (Wildman–Crippen LogP) is 2.14. The van der Waals surface area contributed by atoms with Crippen LogP contribution in [0.15, 0.2) is 16.8 Å². The number of unbranched alkanes of at least 4 members (excludes halogenated alkanes) is 1. The van der Waals surface area contributed by atoms with Gasteiger partial charge in [-0.3, -0.25) is 9.48 Å². The van der Waals surface area contributed by atoms with Crippen molar-refractivity contribution in [2.24, 2.45) is 7.05 Å². The van der Waals surface area contributed by atoms with E-state index in [1.54, 1.807) is 16.9 Å². The van der Waals surface area contributed by atoms with E-state index >= 15 is 0 Å². The lowest BCUT2D eigenvalue weighted by atomic mass is 10.1. The Bertz CT molecular complexity index is 545. The highest BCUT2D eigenvalue weighted by molar-refractivity contribution is 5.73. The monoisotopic (exact) mass is 263 g/mol. The molecule has 6 heteroatoms. The Kier molecular flexibility index (Phi) is 4.33. The van der Waals surface area contributed by atoms with Gasteiger partial charge in [-0.1, -0.05) is 18.5 Å². The molecule has 0 saturated carbocycles. The molecule has 0 amide bonds. The summed E-state index contributed by atoms with van der Waals surface area (Å²) in [4.78, 5) is 10.9. The molecule has 0 atom stereocenters. The van der Waals surface area contributed by atoms with Crippen LogP contribution < -0.4 is 4.74 Å². The van der Waals surface area contributed by atoms with Crippen LogP contribution in [0.4, 0.5) is 0 Å². The van der Waals surface area contributed by atoms with Crippen LogP contribution >= 0.6 is 0 Å². The molecule has 0 aromatic carbocycles. The first-order valence-electron chi connectivity index (χ1n) is 6.29. The predicted molar refractivity (Wildman–Crippen MR) is 68.0 cm³/mol. The van der Waals surface area contributed by atoms with E-state index < -0.39 is 0 Å². The zero-order valence-electron chi connectivity index (χ0n) is 11.1. The van der Waals surface area contributed by atoms with Crippen molar-refractivity contribution in [3.8, 4) is 5.88 Å². The number of rotatable bonds is 7. The lowest BCUT2D eigenvalue weighted by molar-refractivity contribution is 0.108. The van der Waals surface area contributed by atoms with Crippen LogP contribution in [0.5, 0.6) is 5.88 Å². The largest absolute Gasteiger partial charge is 0.472 e. The second kappa shape index (κ2) is 6.17. The van der Waals surface area contributed by atoms with Crippen molar-refractivity contribution in [3.63, 3.8) is 0 Å². The van der Waals surface area contributed by atoms with Crippen molar-refractivity contribution in [2.45, 2.75) is 32.8 Å². The van der Waals surface area contributed by atoms with Crippen LogP contribution in [0.25, 0.3) is 0 Å². The Labute approximate surface area is 111 Å². The van der Waals surface area contributed by atoms with Gasteiger partial charge in [0, 0.05) is 19.3 Å². The normalized spacial score (nSPS) is 10.6. The van der Waals surface area contributed by atoms with Crippen molar-refractivity contribution in [1.29, 1.82) is 0 Å². The van der Waals surface area contributed by atoms with Crippen LogP contribution in [0.1, 0.15) is 41.6 Å². The molecule has 0 saturated heterocycles. The first-order valence-corrected chi connectivity index (χ1v) is 6.29. The van der Waals surface area contributed by atoms with Gasteiger partial charge in [0.1, 0.15) is 6.61 Å². The van der Waals surface area contributed by atoms with Crippen LogP contribution in [0, 0.1) is 0 Å². The van der Waals surface area contributed by atoms with Gasteiger partial charge < -0.3 is 9.26 Å². The Hall–Kier alpha value is -2.11. The van der Waals surface area contributed by atoms with E-state index in [9.17, 15) is 4.79 Å².